The second kappa shape index (κ2) is 8.19. The minimum atomic E-state index is -1.11. The zero-order chi connectivity index (χ0) is 19.2. The number of anilines is 1. The van der Waals surface area contributed by atoms with E-state index in [1.165, 1.54) is 0 Å². The highest BCUT2D eigenvalue weighted by molar-refractivity contribution is 6.04. The first-order chi connectivity index (χ1) is 13.0. The minimum absolute atomic E-state index is 0.247. The zero-order valence-electron chi connectivity index (χ0n) is 14.8. The van der Waals surface area contributed by atoms with Gasteiger partial charge in [-0.2, -0.15) is 0 Å². The maximum absolute atomic E-state index is 12.3. The molecule has 27 heavy (non-hydrogen) atoms. The van der Waals surface area contributed by atoms with Gasteiger partial charge < -0.3 is 15.2 Å². The first-order valence-corrected chi connectivity index (χ1v) is 8.45. The Morgan fingerprint density at radius 2 is 1.52 bits per heavy atom. The van der Waals surface area contributed by atoms with E-state index in [1.54, 1.807) is 48.5 Å². The number of hydrogen-bond donors (Lipinski definition) is 2. The fourth-order valence-corrected chi connectivity index (χ4v) is 2.55. The summed E-state index contributed by atoms with van der Waals surface area (Å²) < 4.78 is 5.60. The van der Waals surface area contributed by atoms with Gasteiger partial charge in [0, 0.05) is 16.8 Å². The third-order valence-corrected chi connectivity index (χ3v) is 4.01. The van der Waals surface area contributed by atoms with Crippen LogP contribution >= 0.6 is 0 Å². The van der Waals surface area contributed by atoms with Crippen LogP contribution in [0.5, 0.6) is 5.75 Å². The van der Waals surface area contributed by atoms with Crippen molar-refractivity contribution in [2.45, 2.75) is 13.0 Å². The van der Waals surface area contributed by atoms with Crippen LogP contribution in [0, 0.1) is 6.92 Å². The van der Waals surface area contributed by atoms with Crippen LogP contribution in [0.1, 0.15) is 27.6 Å². The van der Waals surface area contributed by atoms with Crippen LogP contribution in [0.2, 0.25) is 0 Å². The van der Waals surface area contributed by atoms with E-state index in [4.69, 9.17) is 4.74 Å². The molecule has 0 aliphatic carbocycles. The molecule has 3 aromatic rings. The molecule has 0 radical (unpaired) electrons. The minimum Gasteiger partial charge on any atom is -0.478 e. The molecule has 0 saturated heterocycles. The van der Waals surface area contributed by atoms with E-state index < -0.39 is 12.1 Å². The van der Waals surface area contributed by atoms with Crippen LogP contribution in [0.4, 0.5) is 5.69 Å². The van der Waals surface area contributed by atoms with Crippen LogP contribution in [-0.2, 0) is 4.79 Å². The number of carboxylic acids is 1. The van der Waals surface area contributed by atoms with E-state index in [9.17, 15) is 14.7 Å². The van der Waals surface area contributed by atoms with Gasteiger partial charge in [-0.25, -0.2) is 4.79 Å². The summed E-state index contributed by atoms with van der Waals surface area (Å²) in [5.74, 6) is -0.955. The second-order valence-electron chi connectivity index (χ2n) is 6.09. The molecule has 0 aromatic heterocycles. The van der Waals surface area contributed by atoms with Crippen LogP contribution in [0.25, 0.3) is 0 Å². The summed E-state index contributed by atoms with van der Waals surface area (Å²) in [4.78, 5) is 23.8. The predicted octanol–water partition coefficient (Wildman–Crippen LogP) is 4.45. The van der Waals surface area contributed by atoms with Crippen LogP contribution in [0.3, 0.4) is 0 Å². The first kappa shape index (κ1) is 18.2. The lowest BCUT2D eigenvalue weighted by molar-refractivity contribution is -0.145. The van der Waals surface area contributed by atoms with E-state index in [2.05, 4.69) is 5.32 Å². The molecule has 1 unspecified atom stereocenters. The molecular weight excluding hydrogens is 342 g/mol. The summed E-state index contributed by atoms with van der Waals surface area (Å²) in [5.41, 5.74) is 2.82. The van der Waals surface area contributed by atoms with Crippen molar-refractivity contribution in [2.24, 2.45) is 0 Å². The van der Waals surface area contributed by atoms with Gasteiger partial charge in [0.25, 0.3) is 5.91 Å². The van der Waals surface area contributed by atoms with Crippen LogP contribution in [0.15, 0.2) is 78.9 Å². The summed E-state index contributed by atoms with van der Waals surface area (Å²) in [5, 5.41) is 12.2. The maximum Gasteiger partial charge on any atom is 0.349 e. The van der Waals surface area contributed by atoms with E-state index in [1.807, 2.05) is 37.3 Å². The van der Waals surface area contributed by atoms with Crippen molar-refractivity contribution in [1.29, 1.82) is 0 Å². The zero-order valence-corrected chi connectivity index (χ0v) is 14.8. The fraction of sp³-hybridized carbons (Fsp3) is 0.0909. The highest BCUT2D eigenvalue weighted by Crippen LogP contribution is 2.23. The molecule has 136 valence electrons. The Bertz CT molecular complexity index is 919. The standard InChI is InChI=1S/C22H19NO4/c1-15-7-11-18(12-8-15)23-21(24)17-9-13-19(14-10-17)27-20(22(25)26)16-5-3-2-4-6-16/h2-14,20H,1H3,(H,23,24)(H,25,26). The highest BCUT2D eigenvalue weighted by atomic mass is 16.5. The molecule has 0 heterocycles. The molecule has 0 bridgehead atoms. The van der Waals surface area contributed by atoms with Gasteiger partial charge in [0.05, 0.1) is 0 Å². The maximum atomic E-state index is 12.3. The Morgan fingerprint density at radius 3 is 2.11 bits per heavy atom. The van der Waals surface area contributed by atoms with Gasteiger partial charge in [-0.05, 0) is 43.3 Å². The predicted molar refractivity (Wildman–Crippen MR) is 103 cm³/mol. The molecule has 3 rings (SSSR count). The molecule has 0 aliphatic rings. The number of carboxylic acid groups (broad SMARTS) is 1. The average molecular weight is 361 g/mol. The summed E-state index contributed by atoms with van der Waals surface area (Å²) in [6.45, 7) is 1.98. The van der Waals surface area contributed by atoms with Crippen molar-refractivity contribution in [3.8, 4) is 5.75 Å². The van der Waals surface area contributed by atoms with Gasteiger partial charge >= 0.3 is 5.97 Å². The van der Waals surface area contributed by atoms with Gasteiger partial charge in [-0.15, -0.1) is 0 Å². The van der Waals surface area contributed by atoms with Crippen molar-refractivity contribution in [1.82, 2.24) is 0 Å². The molecule has 1 atom stereocenters. The molecule has 5 nitrogen and oxygen atoms in total. The number of amides is 1. The van der Waals surface area contributed by atoms with Crippen molar-refractivity contribution >= 4 is 17.6 Å². The quantitative estimate of drug-likeness (QED) is 0.680. The van der Waals surface area contributed by atoms with E-state index >= 15 is 0 Å². The van der Waals surface area contributed by atoms with Gasteiger partial charge in [-0.1, -0.05) is 48.0 Å². The topological polar surface area (TPSA) is 75.6 Å². The van der Waals surface area contributed by atoms with Gasteiger partial charge in [0.15, 0.2) is 0 Å². The molecule has 0 fully saturated rings. The number of nitrogens with one attached hydrogen (secondary N) is 1. The number of benzene rings is 3. The molecule has 0 spiro atoms. The largest absolute Gasteiger partial charge is 0.478 e. The van der Waals surface area contributed by atoms with E-state index in [-0.39, 0.29) is 5.91 Å². The number of aryl methyl sites for hydroxylation is 1. The third-order valence-electron chi connectivity index (χ3n) is 4.01. The number of carbonyl (C=O) groups is 2. The summed E-state index contributed by atoms with van der Waals surface area (Å²) in [6, 6.07) is 22.6. The SMILES string of the molecule is Cc1ccc(NC(=O)c2ccc(OC(C(=O)O)c3ccccc3)cc2)cc1. The van der Waals surface area contributed by atoms with Crippen LogP contribution < -0.4 is 10.1 Å². The highest BCUT2D eigenvalue weighted by Gasteiger charge is 2.21. The lowest BCUT2D eigenvalue weighted by atomic mass is 10.1. The smallest absolute Gasteiger partial charge is 0.349 e. The van der Waals surface area contributed by atoms with Crippen molar-refractivity contribution in [2.75, 3.05) is 5.32 Å². The Hall–Kier alpha value is -3.60. The van der Waals surface area contributed by atoms with Gasteiger partial charge in [-0.3, -0.25) is 4.79 Å². The molecule has 0 saturated carbocycles. The second-order valence-corrected chi connectivity index (χ2v) is 6.09. The van der Waals surface area contributed by atoms with Crippen molar-refractivity contribution in [3.05, 3.63) is 95.6 Å². The molecule has 0 aliphatic heterocycles. The first-order valence-electron chi connectivity index (χ1n) is 8.45. The monoisotopic (exact) mass is 361 g/mol. The van der Waals surface area contributed by atoms with Gasteiger partial charge in [0.1, 0.15) is 5.75 Å². The fourth-order valence-electron chi connectivity index (χ4n) is 2.55. The van der Waals surface area contributed by atoms with Crippen LogP contribution in [-0.4, -0.2) is 17.0 Å². The summed E-state index contributed by atoms with van der Waals surface area (Å²) >= 11 is 0. The normalized spacial score (nSPS) is 11.4. The Labute approximate surface area is 157 Å². The summed E-state index contributed by atoms with van der Waals surface area (Å²) in [6.07, 6.45) is -1.11. The number of hydrogen-bond acceptors (Lipinski definition) is 3. The number of aliphatic carboxylic acids is 1. The number of ether oxygens (including phenoxy) is 1. The number of carbonyl (C=O) groups excluding carboxylic acids is 1. The molecular formula is C22H19NO4. The lowest BCUT2D eigenvalue weighted by Gasteiger charge is -2.15. The Morgan fingerprint density at radius 1 is 0.889 bits per heavy atom. The van der Waals surface area contributed by atoms with Gasteiger partial charge in [0.2, 0.25) is 6.10 Å². The van der Waals surface area contributed by atoms with Crippen molar-refractivity contribution < 1.29 is 19.4 Å². The molecule has 2 N–H and O–H groups in total. The van der Waals surface area contributed by atoms with E-state index in [0.29, 0.717) is 22.6 Å². The molecule has 3 aromatic carbocycles. The number of rotatable bonds is 6. The average Bonchev–Trinajstić information content (AvgIpc) is 2.69. The van der Waals surface area contributed by atoms with E-state index in [0.717, 1.165) is 5.56 Å². The Balaban J connectivity index is 1.69. The lowest BCUT2D eigenvalue weighted by Crippen LogP contribution is -2.18. The summed E-state index contributed by atoms with van der Waals surface area (Å²) in [7, 11) is 0. The third kappa shape index (κ3) is 4.73. The Kier molecular flexibility index (Phi) is 5.52. The molecule has 1 amide bonds. The molecule has 5 heteroatoms. The van der Waals surface area contributed by atoms with Crippen molar-refractivity contribution in [3.63, 3.8) is 0 Å².